The zero-order valence-electron chi connectivity index (χ0n) is 18.8. The van der Waals surface area contributed by atoms with Crippen molar-refractivity contribution in [1.82, 2.24) is 4.98 Å². The van der Waals surface area contributed by atoms with Gasteiger partial charge in [0.25, 0.3) is 0 Å². The van der Waals surface area contributed by atoms with Gasteiger partial charge < -0.3 is 15.5 Å². The van der Waals surface area contributed by atoms with E-state index in [9.17, 15) is 0 Å². The van der Waals surface area contributed by atoms with Gasteiger partial charge in [0.15, 0.2) is 0 Å². The van der Waals surface area contributed by atoms with E-state index in [0.29, 0.717) is 11.2 Å². The van der Waals surface area contributed by atoms with E-state index in [1.165, 1.54) is 31.4 Å². The number of nitrogens with zero attached hydrogens (tertiary/aromatic N) is 2. The molecule has 0 atom stereocenters. The van der Waals surface area contributed by atoms with Crippen molar-refractivity contribution >= 4 is 46.1 Å². The number of nitrogens with one attached hydrogen (secondary N) is 2. The first-order valence-corrected chi connectivity index (χ1v) is 12.7. The van der Waals surface area contributed by atoms with Crippen molar-refractivity contribution in [3.05, 3.63) is 65.8 Å². The summed E-state index contributed by atoms with van der Waals surface area (Å²) in [4.78, 5) is 8.05. The molecule has 0 radical (unpaired) electrons. The summed E-state index contributed by atoms with van der Waals surface area (Å²) in [5.41, 5.74) is 4.43. The molecule has 4 rings (SSSR count). The molecule has 3 aromatic rings. The molecule has 32 heavy (non-hydrogen) atoms. The smallest absolute Gasteiger partial charge is 0.132 e. The van der Waals surface area contributed by atoms with E-state index in [4.69, 9.17) is 11.6 Å². The van der Waals surface area contributed by atoms with E-state index in [0.717, 1.165) is 40.1 Å². The van der Waals surface area contributed by atoms with Gasteiger partial charge in [-0.25, -0.2) is 4.98 Å². The van der Waals surface area contributed by atoms with Crippen LogP contribution in [0.2, 0.25) is 5.15 Å². The molecule has 0 unspecified atom stereocenters. The molecule has 1 saturated carbocycles. The number of para-hydroxylation sites is 1. The normalized spacial score (nSPS) is 13.8. The lowest BCUT2D eigenvalue weighted by atomic mass is 10.2. The molecule has 2 aromatic carbocycles. The van der Waals surface area contributed by atoms with Crippen LogP contribution < -0.4 is 15.5 Å². The summed E-state index contributed by atoms with van der Waals surface area (Å²) >= 11 is 8.00. The Kier molecular flexibility index (Phi) is 7.82. The molecule has 1 aromatic heterocycles. The van der Waals surface area contributed by atoms with E-state index in [1.54, 1.807) is 11.8 Å². The van der Waals surface area contributed by atoms with Gasteiger partial charge in [-0.2, -0.15) is 0 Å². The summed E-state index contributed by atoms with van der Waals surface area (Å²) in [6.07, 6.45) is 5.05. The quantitative estimate of drug-likeness (QED) is 0.314. The lowest BCUT2D eigenvalue weighted by molar-refractivity contribution is 0.754. The Hall–Kier alpha value is -2.37. The zero-order valence-corrected chi connectivity index (χ0v) is 20.3. The molecule has 0 aliphatic heterocycles. The number of benzene rings is 2. The lowest BCUT2D eigenvalue weighted by Crippen LogP contribution is -2.22. The van der Waals surface area contributed by atoms with Crippen molar-refractivity contribution in [3.63, 3.8) is 0 Å². The Morgan fingerprint density at radius 1 is 0.969 bits per heavy atom. The standard InChI is InChI=1S/C26H31ClN4S/c1-3-31(4-2)24-15-14-22(18-23(24)29-20-10-6-5-7-11-20)32-26-17-21(16-25(27)30-26)28-19-12-8-9-13-19/h5-7,10-11,14-19,29H,3-4,8-9,12-13H2,1-2H3,(H,28,30). The van der Waals surface area contributed by atoms with Gasteiger partial charge in [-0.15, -0.1) is 0 Å². The van der Waals surface area contributed by atoms with Crippen LogP contribution in [-0.2, 0) is 0 Å². The number of halogens is 1. The van der Waals surface area contributed by atoms with E-state index < -0.39 is 0 Å². The minimum absolute atomic E-state index is 0.526. The van der Waals surface area contributed by atoms with E-state index >= 15 is 0 Å². The molecule has 1 heterocycles. The molecule has 4 nitrogen and oxygen atoms in total. The highest BCUT2D eigenvalue weighted by atomic mass is 35.5. The third kappa shape index (κ3) is 5.90. The molecule has 0 amide bonds. The van der Waals surface area contributed by atoms with Gasteiger partial charge in [-0.05, 0) is 69.2 Å². The fraction of sp³-hybridized carbons (Fsp3) is 0.346. The summed E-state index contributed by atoms with van der Waals surface area (Å²) in [5, 5.41) is 8.67. The highest BCUT2D eigenvalue weighted by Crippen LogP contribution is 2.37. The maximum absolute atomic E-state index is 6.36. The lowest BCUT2D eigenvalue weighted by Gasteiger charge is -2.25. The minimum Gasteiger partial charge on any atom is -0.382 e. The number of pyridine rings is 1. The molecule has 1 fully saturated rings. The van der Waals surface area contributed by atoms with Crippen molar-refractivity contribution in [2.45, 2.75) is 55.5 Å². The van der Waals surface area contributed by atoms with Crippen LogP contribution >= 0.6 is 23.4 Å². The van der Waals surface area contributed by atoms with Gasteiger partial charge in [-0.3, -0.25) is 0 Å². The van der Waals surface area contributed by atoms with Crippen LogP contribution in [0.5, 0.6) is 0 Å². The van der Waals surface area contributed by atoms with E-state index in [1.807, 2.05) is 24.3 Å². The van der Waals surface area contributed by atoms with Gasteiger partial charge >= 0.3 is 0 Å². The predicted molar refractivity (Wildman–Crippen MR) is 139 cm³/mol. The van der Waals surface area contributed by atoms with E-state index in [2.05, 4.69) is 70.8 Å². The zero-order chi connectivity index (χ0) is 22.3. The third-order valence-corrected chi connectivity index (χ3v) is 6.95. The number of aromatic nitrogens is 1. The molecule has 6 heteroatoms. The Morgan fingerprint density at radius 2 is 1.72 bits per heavy atom. The van der Waals surface area contributed by atoms with Crippen LogP contribution in [0.15, 0.2) is 70.6 Å². The molecular weight excluding hydrogens is 436 g/mol. The van der Waals surface area contributed by atoms with Crippen LogP contribution in [0.1, 0.15) is 39.5 Å². The third-order valence-electron chi connectivity index (χ3n) is 5.84. The Labute approximate surface area is 200 Å². The summed E-state index contributed by atoms with van der Waals surface area (Å²) in [6.45, 7) is 6.29. The Morgan fingerprint density at radius 3 is 2.44 bits per heavy atom. The summed E-state index contributed by atoms with van der Waals surface area (Å²) in [7, 11) is 0. The molecule has 1 aliphatic carbocycles. The second-order valence-electron chi connectivity index (χ2n) is 8.09. The first-order chi connectivity index (χ1) is 15.6. The summed E-state index contributed by atoms with van der Waals surface area (Å²) < 4.78 is 0. The van der Waals surface area contributed by atoms with E-state index in [-0.39, 0.29) is 0 Å². The van der Waals surface area contributed by atoms with Crippen molar-refractivity contribution in [2.24, 2.45) is 0 Å². The number of hydrogen-bond donors (Lipinski definition) is 2. The van der Waals surface area contributed by atoms with Crippen molar-refractivity contribution in [3.8, 4) is 0 Å². The molecular formula is C26H31ClN4S. The van der Waals surface area contributed by atoms with Crippen molar-refractivity contribution in [2.75, 3.05) is 28.6 Å². The highest BCUT2D eigenvalue weighted by molar-refractivity contribution is 7.99. The predicted octanol–water partition coefficient (Wildman–Crippen LogP) is 7.83. The molecule has 168 valence electrons. The van der Waals surface area contributed by atoms with Crippen LogP contribution in [-0.4, -0.2) is 24.1 Å². The maximum atomic E-state index is 6.36. The Bertz CT molecular complexity index is 1020. The first kappa shape index (κ1) is 22.8. The molecule has 0 saturated heterocycles. The van der Waals surface area contributed by atoms with Crippen LogP contribution in [0, 0.1) is 0 Å². The van der Waals surface area contributed by atoms with Gasteiger partial charge in [-0.1, -0.05) is 54.4 Å². The fourth-order valence-electron chi connectivity index (χ4n) is 4.23. The molecule has 0 bridgehead atoms. The van der Waals surface area contributed by atoms with Crippen molar-refractivity contribution in [1.29, 1.82) is 0 Å². The Balaban J connectivity index is 1.59. The average Bonchev–Trinajstić information content (AvgIpc) is 3.29. The van der Waals surface area contributed by atoms with Gasteiger partial charge in [0, 0.05) is 35.4 Å². The SMILES string of the molecule is CCN(CC)c1ccc(Sc2cc(NC3CCCC3)cc(Cl)n2)cc1Nc1ccccc1. The highest BCUT2D eigenvalue weighted by Gasteiger charge is 2.16. The summed E-state index contributed by atoms with van der Waals surface area (Å²) in [5.74, 6) is 0. The molecule has 0 spiro atoms. The fourth-order valence-corrected chi connectivity index (χ4v) is 5.37. The second-order valence-corrected chi connectivity index (χ2v) is 9.57. The van der Waals surface area contributed by atoms with Crippen LogP contribution in [0.25, 0.3) is 0 Å². The second kappa shape index (κ2) is 11.0. The monoisotopic (exact) mass is 466 g/mol. The number of rotatable bonds is 9. The topological polar surface area (TPSA) is 40.2 Å². The maximum Gasteiger partial charge on any atom is 0.132 e. The first-order valence-electron chi connectivity index (χ1n) is 11.5. The minimum atomic E-state index is 0.526. The molecule has 2 N–H and O–H groups in total. The van der Waals surface area contributed by atoms with Crippen LogP contribution in [0.3, 0.4) is 0 Å². The van der Waals surface area contributed by atoms with Gasteiger partial charge in [0.1, 0.15) is 10.2 Å². The largest absolute Gasteiger partial charge is 0.382 e. The summed E-state index contributed by atoms with van der Waals surface area (Å²) in [6, 6.07) is 21.5. The number of hydrogen-bond acceptors (Lipinski definition) is 5. The van der Waals surface area contributed by atoms with Gasteiger partial charge in [0.2, 0.25) is 0 Å². The van der Waals surface area contributed by atoms with Gasteiger partial charge in [0.05, 0.1) is 11.4 Å². The van der Waals surface area contributed by atoms with Crippen LogP contribution in [0.4, 0.5) is 22.7 Å². The molecule has 1 aliphatic rings. The van der Waals surface area contributed by atoms with Crippen molar-refractivity contribution < 1.29 is 0 Å². The average molecular weight is 467 g/mol. The number of anilines is 4.